The van der Waals surface area contributed by atoms with Gasteiger partial charge in [0, 0.05) is 31.7 Å². The Morgan fingerprint density at radius 1 is 1.13 bits per heavy atom. The summed E-state index contributed by atoms with van der Waals surface area (Å²) in [5.74, 6) is -2.43. The molecule has 0 saturated heterocycles. The summed E-state index contributed by atoms with van der Waals surface area (Å²) in [7, 11) is 0. The van der Waals surface area contributed by atoms with Gasteiger partial charge in [0.05, 0.1) is 6.61 Å². The molecular weight excluding hydrogens is 203 g/mol. The van der Waals surface area contributed by atoms with Crippen LogP contribution in [0.4, 0.5) is 4.39 Å². The van der Waals surface area contributed by atoms with Gasteiger partial charge in [0.2, 0.25) is 5.79 Å². The molecule has 1 fully saturated rings. The molecule has 3 atom stereocenters. The van der Waals surface area contributed by atoms with Crippen LogP contribution in [0.5, 0.6) is 0 Å². The summed E-state index contributed by atoms with van der Waals surface area (Å²) in [6, 6.07) is 0. The van der Waals surface area contributed by atoms with Crippen molar-refractivity contribution < 1.29 is 24.1 Å². The number of aliphatic hydroxyl groups excluding tert-OH is 2. The zero-order valence-electron chi connectivity index (χ0n) is 9.15. The standard InChI is InChI=1S/C10H19FO4/c1-3-14-10(15-4-2)8(6-13)7(5-12)9(10)11/h7-9,12-13H,3-6H2,1-2H3/t7-,8-,9-/m1/s1. The molecule has 90 valence electrons. The zero-order chi connectivity index (χ0) is 11.5. The van der Waals surface area contributed by atoms with E-state index in [9.17, 15) is 4.39 Å². The first-order valence-corrected chi connectivity index (χ1v) is 5.31. The van der Waals surface area contributed by atoms with Crippen molar-refractivity contribution in [2.75, 3.05) is 26.4 Å². The number of aliphatic hydroxyl groups is 2. The molecule has 15 heavy (non-hydrogen) atoms. The van der Waals surface area contributed by atoms with E-state index in [-0.39, 0.29) is 13.2 Å². The maximum Gasteiger partial charge on any atom is 0.205 e. The maximum atomic E-state index is 13.8. The van der Waals surface area contributed by atoms with E-state index in [2.05, 4.69) is 0 Å². The van der Waals surface area contributed by atoms with Crippen molar-refractivity contribution in [3.8, 4) is 0 Å². The highest BCUT2D eigenvalue weighted by atomic mass is 19.1. The molecule has 0 spiro atoms. The molecule has 2 N–H and O–H groups in total. The normalized spacial score (nSPS) is 33.8. The lowest BCUT2D eigenvalue weighted by molar-refractivity contribution is -0.372. The SMILES string of the molecule is CCOC1(OCC)[C@H](F)[C@H](CO)[C@H]1CO. The number of alkyl halides is 1. The average Bonchev–Trinajstić information content (AvgIpc) is 2.24. The van der Waals surface area contributed by atoms with Crippen LogP contribution in [0.25, 0.3) is 0 Å². The molecule has 0 aromatic heterocycles. The van der Waals surface area contributed by atoms with Crippen molar-refractivity contribution >= 4 is 0 Å². The van der Waals surface area contributed by atoms with Gasteiger partial charge < -0.3 is 19.7 Å². The molecule has 1 rings (SSSR count). The summed E-state index contributed by atoms with van der Waals surface area (Å²) in [4.78, 5) is 0. The van der Waals surface area contributed by atoms with Crippen LogP contribution in [0.15, 0.2) is 0 Å². The van der Waals surface area contributed by atoms with Crippen molar-refractivity contribution in [3.05, 3.63) is 0 Å². The van der Waals surface area contributed by atoms with Crippen LogP contribution in [0.1, 0.15) is 13.8 Å². The molecule has 0 heterocycles. The lowest BCUT2D eigenvalue weighted by Gasteiger charge is -2.54. The summed E-state index contributed by atoms with van der Waals surface area (Å²) in [6.07, 6.45) is -1.38. The fourth-order valence-electron chi connectivity index (χ4n) is 2.24. The molecule has 1 saturated carbocycles. The third-order valence-corrected chi connectivity index (χ3v) is 2.94. The molecule has 0 unspecified atom stereocenters. The molecule has 1 aliphatic carbocycles. The van der Waals surface area contributed by atoms with E-state index in [0.717, 1.165) is 0 Å². The lowest BCUT2D eigenvalue weighted by Crippen LogP contribution is -2.69. The van der Waals surface area contributed by atoms with Crippen molar-refractivity contribution in [1.29, 1.82) is 0 Å². The van der Waals surface area contributed by atoms with E-state index >= 15 is 0 Å². The monoisotopic (exact) mass is 222 g/mol. The highest BCUT2D eigenvalue weighted by molar-refractivity contribution is 5.05. The third kappa shape index (κ3) is 1.89. The first-order valence-electron chi connectivity index (χ1n) is 5.31. The Balaban J connectivity index is 2.77. The molecule has 5 heteroatoms. The molecule has 0 amide bonds. The van der Waals surface area contributed by atoms with Crippen LogP contribution < -0.4 is 0 Å². The minimum atomic E-state index is -1.38. The summed E-state index contributed by atoms with van der Waals surface area (Å²) >= 11 is 0. The van der Waals surface area contributed by atoms with Gasteiger partial charge in [-0.2, -0.15) is 0 Å². The van der Waals surface area contributed by atoms with Gasteiger partial charge in [0.1, 0.15) is 0 Å². The van der Waals surface area contributed by atoms with Gasteiger partial charge in [-0.25, -0.2) is 4.39 Å². The van der Waals surface area contributed by atoms with Crippen LogP contribution in [0.2, 0.25) is 0 Å². The Kier molecular flexibility index (Phi) is 4.45. The number of halogens is 1. The quantitative estimate of drug-likeness (QED) is 0.636. The summed E-state index contributed by atoms with van der Waals surface area (Å²) < 4.78 is 24.4. The van der Waals surface area contributed by atoms with Crippen molar-refractivity contribution in [1.82, 2.24) is 0 Å². The molecular formula is C10H19FO4. The van der Waals surface area contributed by atoms with Gasteiger partial charge in [0.25, 0.3) is 0 Å². The second kappa shape index (κ2) is 5.21. The molecule has 4 nitrogen and oxygen atoms in total. The molecule has 0 bridgehead atoms. The highest BCUT2D eigenvalue weighted by Gasteiger charge is 2.64. The molecule has 1 aliphatic rings. The van der Waals surface area contributed by atoms with Crippen LogP contribution in [0.3, 0.4) is 0 Å². The number of rotatable bonds is 6. The second-order valence-corrected chi connectivity index (χ2v) is 3.62. The number of ether oxygens (including phenoxy) is 2. The van der Waals surface area contributed by atoms with Gasteiger partial charge in [-0.3, -0.25) is 0 Å². The Bertz CT molecular complexity index is 194. The van der Waals surface area contributed by atoms with Gasteiger partial charge in [-0.1, -0.05) is 0 Å². The van der Waals surface area contributed by atoms with E-state index in [4.69, 9.17) is 19.7 Å². The minimum Gasteiger partial charge on any atom is -0.396 e. The highest BCUT2D eigenvalue weighted by Crippen LogP contribution is 2.49. The maximum absolute atomic E-state index is 13.8. The molecule has 0 aromatic carbocycles. The predicted octanol–water partition coefficient (Wildman–Crippen LogP) is 0.324. The smallest absolute Gasteiger partial charge is 0.205 e. The van der Waals surface area contributed by atoms with Crippen molar-refractivity contribution in [3.63, 3.8) is 0 Å². The fraction of sp³-hybridized carbons (Fsp3) is 1.00. The summed E-state index contributed by atoms with van der Waals surface area (Å²) in [5, 5.41) is 18.1. The van der Waals surface area contributed by atoms with Crippen LogP contribution in [-0.4, -0.2) is 48.6 Å². The fourth-order valence-corrected chi connectivity index (χ4v) is 2.24. The Labute approximate surface area is 89.0 Å². The van der Waals surface area contributed by atoms with Crippen molar-refractivity contribution in [2.45, 2.75) is 25.8 Å². The Hall–Kier alpha value is -0.230. The van der Waals surface area contributed by atoms with Gasteiger partial charge in [-0.05, 0) is 13.8 Å². The van der Waals surface area contributed by atoms with Gasteiger partial charge in [0.15, 0.2) is 6.17 Å². The van der Waals surface area contributed by atoms with E-state index in [0.29, 0.717) is 13.2 Å². The van der Waals surface area contributed by atoms with Crippen LogP contribution in [0, 0.1) is 11.8 Å². The van der Waals surface area contributed by atoms with Crippen LogP contribution in [-0.2, 0) is 9.47 Å². The third-order valence-electron chi connectivity index (χ3n) is 2.94. The average molecular weight is 222 g/mol. The largest absolute Gasteiger partial charge is 0.396 e. The van der Waals surface area contributed by atoms with Crippen LogP contribution >= 0.6 is 0 Å². The molecule has 0 radical (unpaired) electrons. The number of hydrogen-bond acceptors (Lipinski definition) is 4. The zero-order valence-corrected chi connectivity index (χ0v) is 9.15. The van der Waals surface area contributed by atoms with E-state index in [1.54, 1.807) is 13.8 Å². The first kappa shape index (κ1) is 12.8. The predicted molar refractivity (Wildman–Crippen MR) is 52.0 cm³/mol. The van der Waals surface area contributed by atoms with Gasteiger partial charge >= 0.3 is 0 Å². The Morgan fingerprint density at radius 2 is 1.67 bits per heavy atom. The van der Waals surface area contributed by atoms with E-state index in [1.807, 2.05) is 0 Å². The topological polar surface area (TPSA) is 58.9 Å². The first-order chi connectivity index (χ1) is 7.17. The summed E-state index contributed by atoms with van der Waals surface area (Å²) in [6.45, 7) is 3.58. The molecule has 0 aromatic rings. The minimum absolute atomic E-state index is 0.244. The van der Waals surface area contributed by atoms with E-state index in [1.165, 1.54) is 0 Å². The van der Waals surface area contributed by atoms with E-state index < -0.39 is 23.8 Å². The van der Waals surface area contributed by atoms with Crippen molar-refractivity contribution in [2.24, 2.45) is 11.8 Å². The Morgan fingerprint density at radius 3 is 2.00 bits per heavy atom. The summed E-state index contributed by atoms with van der Waals surface area (Å²) in [5.41, 5.74) is 0. The molecule has 0 aliphatic heterocycles. The lowest BCUT2D eigenvalue weighted by atomic mass is 9.66. The second-order valence-electron chi connectivity index (χ2n) is 3.62. The number of hydrogen-bond donors (Lipinski definition) is 2. The van der Waals surface area contributed by atoms with Gasteiger partial charge in [-0.15, -0.1) is 0 Å².